The van der Waals surface area contributed by atoms with Crippen LogP contribution in [0.5, 0.6) is 5.75 Å². The zero-order chi connectivity index (χ0) is 7.56. The van der Waals surface area contributed by atoms with Crippen molar-refractivity contribution in [3.63, 3.8) is 0 Å². The summed E-state index contributed by atoms with van der Waals surface area (Å²) in [7, 11) is 0. The normalized spacial score (nSPS) is 9.80. The minimum Gasteiger partial charge on any atom is -0.508 e. The van der Waals surface area contributed by atoms with Gasteiger partial charge in [0.25, 0.3) is 0 Å². The molecule has 1 heteroatoms. The van der Waals surface area contributed by atoms with Crippen LogP contribution in [0, 0.1) is 13.3 Å². The fourth-order valence-electron chi connectivity index (χ4n) is 0.858. The molecular weight excluding hydrogens is 124 g/mol. The van der Waals surface area contributed by atoms with E-state index in [2.05, 4.69) is 0 Å². The Morgan fingerprint density at radius 1 is 1.40 bits per heavy atom. The molecule has 1 N–H and O–H groups in total. The highest BCUT2D eigenvalue weighted by molar-refractivity contribution is 5.37. The maximum absolute atomic E-state index is 9.13. The summed E-state index contributed by atoms with van der Waals surface area (Å²) in [6, 6.07) is 5.56. The summed E-state index contributed by atoms with van der Waals surface area (Å²) in [6.07, 6.45) is 2.01. The number of hydrogen-bond donors (Lipinski definition) is 1. The summed E-state index contributed by atoms with van der Waals surface area (Å²) in [5.41, 5.74) is 2.07. The molecule has 0 aliphatic heterocycles. The Bertz CT molecular complexity index is 228. The van der Waals surface area contributed by atoms with Crippen LogP contribution >= 0.6 is 0 Å². The Hall–Kier alpha value is -0.980. The zero-order valence-electron chi connectivity index (χ0n) is 6.26. The average Bonchev–Trinajstić information content (AvgIpc) is 1.95. The second-order valence-corrected chi connectivity index (χ2v) is 2.33. The van der Waals surface area contributed by atoms with Crippen molar-refractivity contribution in [1.82, 2.24) is 0 Å². The predicted molar refractivity (Wildman–Crippen MR) is 41.9 cm³/mol. The molecule has 1 nitrogen and oxygen atoms in total. The minimum absolute atomic E-state index is 0.366. The summed E-state index contributed by atoms with van der Waals surface area (Å²) < 4.78 is 0. The van der Waals surface area contributed by atoms with Gasteiger partial charge in [0, 0.05) is 0 Å². The van der Waals surface area contributed by atoms with Gasteiger partial charge in [-0.2, -0.15) is 0 Å². The quantitative estimate of drug-likeness (QED) is 0.626. The average molecular weight is 135 g/mol. The molecule has 0 atom stereocenters. The van der Waals surface area contributed by atoms with Gasteiger partial charge in [0.15, 0.2) is 0 Å². The van der Waals surface area contributed by atoms with Gasteiger partial charge < -0.3 is 5.11 Å². The van der Waals surface area contributed by atoms with E-state index in [0.29, 0.717) is 5.75 Å². The molecule has 1 radical (unpaired) electrons. The number of phenols is 1. The van der Waals surface area contributed by atoms with Crippen LogP contribution in [-0.2, 0) is 0 Å². The predicted octanol–water partition coefficient (Wildman–Crippen LogP) is 2.27. The lowest BCUT2D eigenvalue weighted by molar-refractivity contribution is 0.471. The molecule has 0 unspecified atom stereocenters. The largest absolute Gasteiger partial charge is 0.508 e. The summed E-state index contributed by atoms with van der Waals surface area (Å²) in [4.78, 5) is 0. The Morgan fingerprint density at radius 3 is 2.60 bits per heavy atom. The summed E-state index contributed by atoms with van der Waals surface area (Å²) in [6.45, 7) is 3.87. The highest BCUT2D eigenvalue weighted by Crippen LogP contribution is 2.17. The summed E-state index contributed by atoms with van der Waals surface area (Å²) >= 11 is 0. The van der Waals surface area contributed by atoms with Crippen LogP contribution in [0.3, 0.4) is 0 Å². The molecule has 0 bridgehead atoms. The van der Waals surface area contributed by atoms with Crippen LogP contribution in [0.25, 0.3) is 0 Å². The van der Waals surface area contributed by atoms with Gasteiger partial charge in [-0.1, -0.05) is 19.1 Å². The van der Waals surface area contributed by atoms with E-state index < -0.39 is 0 Å². The zero-order valence-corrected chi connectivity index (χ0v) is 6.26. The molecular formula is C9H11O. The summed E-state index contributed by atoms with van der Waals surface area (Å²) in [5.74, 6) is 0.366. The highest BCUT2D eigenvalue weighted by atomic mass is 16.3. The van der Waals surface area contributed by atoms with E-state index in [1.807, 2.05) is 32.4 Å². The smallest absolute Gasteiger partial charge is 0.118 e. The van der Waals surface area contributed by atoms with E-state index in [9.17, 15) is 0 Å². The number of benzene rings is 1. The molecule has 0 saturated heterocycles. The van der Waals surface area contributed by atoms with Gasteiger partial charge in [0.05, 0.1) is 0 Å². The maximum Gasteiger partial charge on any atom is 0.118 e. The second kappa shape index (κ2) is 2.74. The van der Waals surface area contributed by atoms with E-state index in [4.69, 9.17) is 5.11 Å². The lowest BCUT2D eigenvalue weighted by Gasteiger charge is -1.99. The fourth-order valence-corrected chi connectivity index (χ4v) is 0.858. The Labute approximate surface area is 61.3 Å². The van der Waals surface area contributed by atoms with Crippen molar-refractivity contribution in [1.29, 1.82) is 0 Å². The van der Waals surface area contributed by atoms with Gasteiger partial charge in [-0.05, 0) is 30.5 Å². The van der Waals surface area contributed by atoms with Gasteiger partial charge >= 0.3 is 0 Å². The molecule has 0 fully saturated rings. The number of phenolic OH excluding ortho intramolecular Hbond substituents is 1. The van der Waals surface area contributed by atoms with Crippen molar-refractivity contribution >= 4 is 0 Å². The van der Waals surface area contributed by atoms with Gasteiger partial charge in [-0.15, -0.1) is 0 Å². The Morgan fingerprint density at radius 2 is 2.10 bits per heavy atom. The molecule has 0 spiro atoms. The lowest BCUT2D eigenvalue weighted by atomic mass is 10.1. The molecule has 0 aromatic heterocycles. The lowest BCUT2D eigenvalue weighted by Crippen LogP contribution is -1.79. The SMILES string of the molecule is C[CH]c1ccc(O)c(C)c1. The number of rotatable bonds is 1. The Kier molecular flexibility index (Phi) is 1.95. The van der Waals surface area contributed by atoms with Crippen LogP contribution in [0.1, 0.15) is 18.1 Å². The van der Waals surface area contributed by atoms with Crippen LogP contribution in [-0.4, -0.2) is 5.11 Å². The first-order valence-electron chi connectivity index (χ1n) is 3.33. The third-order valence-electron chi connectivity index (χ3n) is 1.55. The molecule has 0 aliphatic carbocycles. The van der Waals surface area contributed by atoms with E-state index >= 15 is 0 Å². The van der Waals surface area contributed by atoms with Crippen LogP contribution < -0.4 is 0 Å². The Balaban J connectivity index is 3.04. The second-order valence-electron chi connectivity index (χ2n) is 2.33. The third-order valence-corrected chi connectivity index (χ3v) is 1.55. The van der Waals surface area contributed by atoms with E-state index in [1.165, 1.54) is 0 Å². The molecule has 0 aliphatic rings. The molecule has 0 saturated carbocycles. The van der Waals surface area contributed by atoms with Crippen molar-refractivity contribution in [3.8, 4) is 5.75 Å². The van der Waals surface area contributed by atoms with Gasteiger partial charge in [0.2, 0.25) is 0 Å². The molecule has 1 aromatic carbocycles. The first-order chi connectivity index (χ1) is 4.74. The monoisotopic (exact) mass is 135 g/mol. The molecule has 53 valence electrons. The summed E-state index contributed by atoms with van der Waals surface area (Å²) in [5, 5.41) is 9.13. The van der Waals surface area contributed by atoms with Crippen molar-refractivity contribution in [3.05, 3.63) is 35.7 Å². The van der Waals surface area contributed by atoms with E-state index in [0.717, 1.165) is 11.1 Å². The number of aryl methyl sites for hydroxylation is 1. The number of hydrogen-bond acceptors (Lipinski definition) is 1. The molecule has 0 amide bonds. The van der Waals surface area contributed by atoms with E-state index in [1.54, 1.807) is 6.07 Å². The van der Waals surface area contributed by atoms with Crippen LogP contribution in [0.15, 0.2) is 18.2 Å². The van der Waals surface area contributed by atoms with Gasteiger partial charge in [0.1, 0.15) is 5.75 Å². The minimum atomic E-state index is 0.366. The molecule has 1 rings (SSSR count). The van der Waals surface area contributed by atoms with Gasteiger partial charge in [-0.3, -0.25) is 0 Å². The van der Waals surface area contributed by atoms with Crippen LogP contribution in [0.2, 0.25) is 0 Å². The first kappa shape index (κ1) is 7.13. The molecule has 10 heavy (non-hydrogen) atoms. The third kappa shape index (κ3) is 1.29. The van der Waals surface area contributed by atoms with E-state index in [-0.39, 0.29) is 0 Å². The van der Waals surface area contributed by atoms with Crippen molar-refractivity contribution in [2.45, 2.75) is 13.8 Å². The topological polar surface area (TPSA) is 20.2 Å². The molecule has 0 heterocycles. The van der Waals surface area contributed by atoms with Crippen molar-refractivity contribution in [2.75, 3.05) is 0 Å². The number of aromatic hydroxyl groups is 1. The maximum atomic E-state index is 9.13. The standard InChI is InChI=1S/C9H11O/c1-3-8-4-5-9(10)7(2)6-8/h3-6,10H,1-2H3. The van der Waals surface area contributed by atoms with Crippen LogP contribution in [0.4, 0.5) is 0 Å². The molecule has 1 aromatic rings. The highest BCUT2D eigenvalue weighted by Gasteiger charge is 1.94. The first-order valence-corrected chi connectivity index (χ1v) is 3.33. The van der Waals surface area contributed by atoms with Gasteiger partial charge in [-0.25, -0.2) is 0 Å². The fraction of sp³-hybridized carbons (Fsp3) is 0.222. The van der Waals surface area contributed by atoms with Crippen molar-refractivity contribution in [2.24, 2.45) is 0 Å². The van der Waals surface area contributed by atoms with Crippen molar-refractivity contribution < 1.29 is 5.11 Å².